The van der Waals surface area contributed by atoms with Crippen LogP contribution in [0.25, 0.3) is 0 Å². The molecular formula is C15H14F2N2O2. The van der Waals surface area contributed by atoms with Gasteiger partial charge in [0.1, 0.15) is 11.6 Å². The van der Waals surface area contributed by atoms with E-state index in [9.17, 15) is 13.6 Å². The van der Waals surface area contributed by atoms with Crippen molar-refractivity contribution in [1.82, 2.24) is 0 Å². The van der Waals surface area contributed by atoms with Crippen LogP contribution < -0.4 is 15.8 Å². The smallest absolute Gasteiger partial charge is 0.258 e. The highest BCUT2D eigenvalue weighted by atomic mass is 19.1. The fraction of sp³-hybridized carbons (Fsp3) is 0.133. The Morgan fingerprint density at radius 1 is 1.24 bits per heavy atom. The van der Waals surface area contributed by atoms with Crippen LogP contribution >= 0.6 is 0 Å². The molecule has 0 aliphatic heterocycles. The first kappa shape index (κ1) is 14.8. The minimum Gasteiger partial charge on any atom is -0.496 e. The molecule has 0 heterocycles. The van der Waals surface area contributed by atoms with Crippen LogP contribution in [0.2, 0.25) is 0 Å². The fourth-order valence-electron chi connectivity index (χ4n) is 1.93. The monoisotopic (exact) mass is 292 g/mol. The van der Waals surface area contributed by atoms with Gasteiger partial charge in [-0.1, -0.05) is 0 Å². The Bertz CT molecular complexity index is 702. The summed E-state index contributed by atoms with van der Waals surface area (Å²) in [4.78, 5) is 12.0. The molecule has 6 heteroatoms. The Hall–Kier alpha value is -2.63. The van der Waals surface area contributed by atoms with Crippen LogP contribution in [-0.4, -0.2) is 13.0 Å². The van der Waals surface area contributed by atoms with Crippen molar-refractivity contribution in [3.05, 3.63) is 53.1 Å². The first-order chi connectivity index (χ1) is 9.92. The largest absolute Gasteiger partial charge is 0.496 e. The van der Waals surface area contributed by atoms with Crippen LogP contribution in [-0.2, 0) is 0 Å². The van der Waals surface area contributed by atoms with Gasteiger partial charge in [-0.15, -0.1) is 0 Å². The van der Waals surface area contributed by atoms with E-state index in [1.165, 1.54) is 7.11 Å². The van der Waals surface area contributed by atoms with Crippen molar-refractivity contribution in [2.45, 2.75) is 6.92 Å². The Morgan fingerprint density at radius 3 is 2.57 bits per heavy atom. The van der Waals surface area contributed by atoms with E-state index in [-0.39, 0.29) is 0 Å². The lowest BCUT2D eigenvalue weighted by molar-refractivity contribution is 0.102. The number of carbonyl (C=O) groups is 1. The van der Waals surface area contributed by atoms with Crippen LogP contribution in [0.1, 0.15) is 15.9 Å². The van der Waals surface area contributed by atoms with Gasteiger partial charge in [0, 0.05) is 5.69 Å². The molecule has 110 valence electrons. The van der Waals surface area contributed by atoms with Crippen molar-refractivity contribution in [1.29, 1.82) is 0 Å². The van der Waals surface area contributed by atoms with Crippen LogP contribution in [0.4, 0.5) is 20.2 Å². The van der Waals surface area contributed by atoms with Crippen molar-refractivity contribution in [3.63, 3.8) is 0 Å². The third kappa shape index (κ3) is 3.10. The topological polar surface area (TPSA) is 64.3 Å². The van der Waals surface area contributed by atoms with E-state index >= 15 is 0 Å². The summed E-state index contributed by atoms with van der Waals surface area (Å²) >= 11 is 0. The maximum absolute atomic E-state index is 13.8. The summed E-state index contributed by atoms with van der Waals surface area (Å²) in [6.07, 6.45) is 0. The van der Waals surface area contributed by atoms with Gasteiger partial charge in [0.25, 0.3) is 5.91 Å². The number of hydrogen-bond acceptors (Lipinski definition) is 3. The van der Waals surface area contributed by atoms with E-state index in [1.807, 2.05) is 0 Å². The highest BCUT2D eigenvalue weighted by Crippen LogP contribution is 2.23. The second kappa shape index (κ2) is 5.78. The molecule has 0 atom stereocenters. The van der Waals surface area contributed by atoms with Gasteiger partial charge < -0.3 is 15.8 Å². The van der Waals surface area contributed by atoms with Crippen molar-refractivity contribution >= 4 is 17.3 Å². The van der Waals surface area contributed by atoms with Crippen LogP contribution in [0.15, 0.2) is 30.3 Å². The molecule has 0 unspecified atom stereocenters. The molecule has 21 heavy (non-hydrogen) atoms. The minimum atomic E-state index is -0.945. The molecule has 1 amide bonds. The number of anilines is 2. The zero-order valence-corrected chi connectivity index (χ0v) is 11.5. The third-order valence-electron chi connectivity index (χ3n) is 2.96. The Balaban J connectivity index is 2.28. The second-order valence-electron chi connectivity index (χ2n) is 4.50. The van der Waals surface area contributed by atoms with Crippen molar-refractivity contribution < 1.29 is 18.3 Å². The van der Waals surface area contributed by atoms with Crippen molar-refractivity contribution in [3.8, 4) is 5.75 Å². The summed E-state index contributed by atoms with van der Waals surface area (Å²) in [6.45, 7) is 1.80. The molecule has 2 aromatic carbocycles. The number of amides is 1. The van der Waals surface area contributed by atoms with Gasteiger partial charge in [-0.2, -0.15) is 0 Å². The molecule has 0 aliphatic rings. The zero-order chi connectivity index (χ0) is 15.6. The molecule has 2 aromatic rings. The summed E-state index contributed by atoms with van der Waals surface area (Å²) in [6, 6.07) is 6.56. The first-order valence-corrected chi connectivity index (χ1v) is 6.13. The summed E-state index contributed by atoms with van der Waals surface area (Å²) < 4.78 is 32.1. The molecule has 4 nitrogen and oxygen atoms in total. The average molecular weight is 292 g/mol. The van der Waals surface area contributed by atoms with Gasteiger partial charge in [0.15, 0.2) is 5.82 Å². The quantitative estimate of drug-likeness (QED) is 0.854. The van der Waals surface area contributed by atoms with Gasteiger partial charge in [-0.25, -0.2) is 8.78 Å². The molecule has 0 radical (unpaired) electrons. The van der Waals surface area contributed by atoms with Crippen molar-refractivity contribution in [2.75, 3.05) is 18.2 Å². The Kier molecular flexibility index (Phi) is 4.07. The fourth-order valence-corrected chi connectivity index (χ4v) is 1.93. The van der Waals surface area contributed by atoms with Gasteiger partial charge in [0.2, 0.25) is 0 Å². The van der Waals surface area contributed by atoms with Gasteiger partial charge in [0.05, 0.1) is 18.4 Å². The number of nitrogen functional groups attached to an aromatic ring is 1. The van der Waals surface area contributed by atoms with Crippen LogP contribution in [0, 0.1) is 18.6 Å². The van der Waals surface area contributed by atoms with Gasteiger partial charge >= 0.3 is 0 Å². The summed E-state index contributed by atoms with van der Waals surface area (Å²) in [5, 5.41) is 2.49. The molecule has 0 saturated carbocycles. The van der Waals surface area contributed by atoms with E-state index in [0.717, 1.165) is 17.7 Å². The number of benzene rings is 2. The third-order valence-corrected chi connectivity index (χ3v) is 2.96. The minimum absolute atomic E-state index is 0.411. The Labute approximate surface area is 120 Å². The summed E-state index contributed by atoms with van der Waals surface area (Å²) in [5.74, 6) is -1.83. The molecule has 0 fully saturated rings. The number of ether oxygens (including phenoxy) is 1. The lowest BCUT2D eigenvalue weighted by Gasteiger charge is -2.10. The maximum atomic E-state index is 13.8. The van der Waals surface area contributed by atoms with E-state index < -0.39 is 28.8 Å². The van der Waals surface area contributed by atoms with E-state index in [1.54, 1.807) is 25.1 Å². The number of rotatable bonds is 3. The number of carbonyl (C=O) groups excluding carboxylic acids is 1. The first-order valence-electron chi connectivity index (χ1n) is 6.13. The molecular weight excluding hydrogens is 278 g/mol. The molecule has 2 rings (SSSR count). The summed E-state index contributed by atoms with van der Waals surface area (Å²) in [7, 11) is 1.53. The Morgan fingerprint density at radius 2 is 1.95 bits per heavy atom. The second-order valence-corrected chi connectivity index (χ2v) is 4.50. The van der Waals surface area contributed by atoms with Gasteiger partial charge in [-0.05, 0) is 42.8 Å². The molecule has 0 bridgehead atoms. The van der Waals surface area contributed by atoms with E-state index in [0.29, 0.717) is 11.4 Å². The lowest BCUT2D eigenvalue weighted by atomic mass is 10.1. The zero-order valence-electron chi connectivity index (χ0n) is 11.5. The van der Waals surface area contributed by atoms with E-state index in [4.69, 9.17) is 10.5 Å². The molecule has 0 aromatic heterocycles. The maximum Gasteiger partial charge on any atom is 0.258 e. The molecule has 0 spiro atoms. The standard InChI is InChI=1S/C15H14F2N2O2/c1-8-5-10(3-4-13(8)21-2)19-15(20)11-6-9(16)7-12(18)14(11)17/h3-7H,18H2,1-2H3,(H,19,20). The lowest BCUT2D eigenvalue weighted by Crippen LogP contribution is -2.15. The van der Waals surface area contributed by atoms with Crippen LogP contribution in [0.5, 0.6) is 5.75 Å². The summed E-state index contributed by atoms with van der Waals surface area (Å²) in [5.41, 5.74) is 5.69. The predicted octanol–water partition coefficient (Wildman–Crippen LogP) is 3.12. The number of nitrogens with one attached hydrogen (secondary N) is 1. The highest BCUT2D eigenvalue weighted by molar-refractivity contribution is 6.05. The van der Waals surface area contributed by atoms with Gasteiger partial charge in [-0.3, -0.25) is 4.79 Å². The van der Waals surface area contributed by atoms with Crippen molar-refractivity contribution in [2.24, 2.45) is 0 Å². The van der Waals surface area contributed by atoms with E-state index in [2.05, 4.69) is 5.32 Å². The number of nitrogens with two attached hydrogens (primary N) is 1. The molecule has 3 N–H and O–H groups in total. The number of halogens is 2. The predicted molar refractivity (Wildman–Crippen MR) is 76.5 cm³/mol. The highest BCUT2D eigenvalue weighted by Gasteiger charge is 2.16. The van der Waals surface area contributed by atoms with Crippen LogP contribution in [0.3, 0.4) is 0 Å². The molecule has 0 saturated heterocycles. The average Bonchev–Trinajstić information content (AvgIpc) is 2.43. The number of aryl methyl sites for hydroxylation is 1. The normalized spacial score (nSPS) is 10.3. The number of hydrogen-bond donors (Lipinski definition) is 2. The SMILES string of the molecule is COc1ccc(NC(=O)c2cc(F)cc(N)c2F)cc1C. The molecule has 0 aliphatic carbocycles. The number of methoxy groups -OCH3 is 1.